The third-order valence-corrected chi connectivity index (χ3v) is 3.22. The molecule has 0 saturated heterocycles. The van der Waals surface area contributed by atoms with Gasteiger partial charge in [0.15, 0.2) is 0 Å². The summed E-state index contributed by atoms with van der Waals surface area (Å²) in [7, 11) is 0. The van der Waals surface area contributed by atoms with Gasteiger partial charge in [0.1, 0.15) is 5.82 Å². The molecule has 0 aliphatic rings. The maximum atomic E-state index is 4.74. The fourth-order valence-corrected chi connectivity index (χ4v) is 2.27. The molecule has 3 aromatic rings. The number of hydrogen-bond donors (Lipinski definition) is 1. The Labute approximate surface area is 113 Å². The van der Waals surface area contributed by atoms with Crippen LogP contribution in [0.5, 0.6) is 0 Å². The van der Waals surface area contributed by atoms with E-state index >= 15 is 0 Å². The van der Waals surface area contributed by atoms with E-state index in [0.717, 1.165) is 28.3 Å². The van der Waals surface area contributed by atoms with Crippen molar-refractivity contribution in [1.29, 1.82) is 0 Å². The van der Waals surface area contributed by atoms with Gasteiger partial charge in [-0.3, -0.25) is 0 Å². The summed E-state index contributed by atoms with van der Waals surface area (Å²) in [5.74, 6) is 0.926. The minimum atomic E-state index is 0.926. The molecule has 1 N–H and O–H groups in total. The quantitative estimate of drug-likeness (QED) is 0.717. The Morgan fingerprint density at radius 1 is 0.842 bits per heavy atom. The van der Waals surface area contributed by atoms with E-state index in [-0.39, 0.29) is 0 Å². The SMILES string of the molecule is Cc1cccc(-c2nc(-c3ccccc3)[nH]c2C)c1. The van der Waals surface area contributed by atoms with E-state index < -0.39 is 0 Å². The number of imidazole rings is 1. The average Bonchev–Trinajstić information content (AvgIpc) is 2.82. The van der Waals surface area contributed by atoms with Crippen LogP contribution in [0.4, 0.5) is 0 Å². The van der Waals surface area contributed by atoms with Crippen LogP contribution < -0.4 is 0 Å². The fraction of sp³-hybridized carbons (Fsp3) is 0.118. The Bertz CT molecular complexity index is 696. The molecule has 2 nitrogen and oxygen atoms in total. The molecule has 0 fully saturated rings. The van der Waals surface area contributed by atoms with Gasteiger partial charge in [-0.15, -0.1) is 0 Å². The lowest BCUT2D eigenvalue weighted by Gasteiger charge is -1.99. The molecule has 1 aromatic heterocycles. The van der Waals surface area contributed by atoms with Crippen LogP contribution in [0.2, 0.25) is 0 Å². The van der Waals surface area contributed by atoms with E-state index in [4.69, 9.17) is 4.98 Å². The van der Waals surface area contributed by atoms with Crippen molar-refractivity contribution in [2.75, 3.05) is 0 Å². The van der Waals surface area contributed by atoms with Crippen molar-refractivity contribution >= 4 is 0 Å². The number of hydrogen-bond acceptors (Lipinski definition) is 1. The smallest absolute Gasteiger partial charge is 0.138 e. The Morgan fingerprint density at radius 3 is 2.32 bits per heavy atom. The molecular formula is C17H16N2. The van der Waals surface area contributed by atoms with E-state index in [1.165, 1.54) is 5.56 Å². The van der Waals surface area contributed by atoms with Crippen LogP contribution in [-0.2, 0) is 0 Å². The summed E-state index contributed by atoms with van der Waals surface area (Å²) < 4.78 is 0. The minimum Gasteiger partial charge on any atom is -0.342 e. The number of nitrogens with zero attached hydrogens (tertiary/aromatic N) is 1. The molecule has 0 spiro atoms. The molecule has 2 aromatic carbocycles. The minimum absolute atomic E-state index is 0.926. The van der Waals surface area contributed by atoms with Gasteiger partial charge >= 0.3 is 0 Å². The van der Waals surface area contributed by atoms with Crippen molar-refractivity contribution in [3.63, 3.8) is 0 Å². The van der Waals surface area contributed by atoms with Crippen LogP contribution in [0.25, 0.3) is 22.6 Å². The lowest BCUT2D eigenvalue weighted by molar-refractivity contribution is 1.26. The van der Waals surface area contributed by atoms with Crippen LogP contribution in [0.15, 0.2) is 54.6 Å². The highest BCUT2D eigenvalue weighted by molar-refractivity contribution is 5.67. The third-order valence-electron chi connectivity index (χ3n) is 3.22. The molecule has 2 heteroatoms. The maximum Gasteiger partial charge on any atom is 0.138 e. The maximum absolute atomic E-state index is 4.74. The fourth-order valence-electron chi connectivity index (χ4n) is 2.27. The number of rotatable bonds is 2. The van der Waals surface area contributed by atoms with E-state index in [1.54, 1.807) is 0 Å². The summed E-state index contributed by atoms with van der Waals surface area (Å²) in [6.45, 7) is 4.17. The second kappa shape index (κ2) is 4.73. The highest BCUT2D eigenvalue weighted by Gasteiger charge is 2.10. The lowest BCUT2D eigenvalue weighted by Crippen LogP contribution is -1.82. The molecular weight excluding hydrogens is 232 g/mol. The summed E-state index contributed by atoms with van der Waals surface area (Å²) in [6, 6.07) is 18.6. The number of aromatic nitrogens is 2. The molecule has 0 unspecified atom stereocenters. The zero-order valence-corrected chi connectivity index (χ0v) is 11.1. The number of H-pyrrole nitrogens is 1. The highest BCUT2D eigenvalue weighted by Crippen LogP contribution is 2.25. The van der Waals surface area contributed by atoms with Crippen molar-refractivity contribution in [1.82, 2.24) is 9.97 Å². The van der Waals surface area contributed by atoms with Gasteiger partial charge in [0.25, 0.3) is 0 Å². The molecule has 0 bridgehead atoms. The first-order valence-corrected chi connectivity index (χ1v) is 6.43. The monoisotopic (exact) mass is 248 g/mol. The number of benzene rings is 2. The van der Waals surface area contributed by atoms with Gasteiger partial charge < -0.3 is 4.98 Å². The van der Waals surface area contributed by atoms with E-state index in [0.29, 0.717) is 0 Å². The largest absolute Gasteiger partial charge is 0.342 e. The molecule has 0 atom stereocenters. The summed E-state index contributed by atoms with van der Waals surface area (Å²) >= 11 is 0. The standard InChI is InChI=1S/C17H16N2/c1-12-7-6-10-15(11-12)16-13(2)18-17(19-16)14-8-4-3-5-9-14/h3-11H,1-2H3,(H,18,19). The van der Waals surface area contributed by atoms with Crippen LogP contribution in [0, 0.1) is 13.8 Å². The van der Waals surface area contributed by atoms with Crippen LogP contribution >= 0.6 is 0 Å². The third kappa shape index (κ3) is 2.29. The van der Waals surface area contributed by atoms with E-state index in [1.807, 2.05) is 18.2 Å². The second-order valence-corrected chi connectivity index (χ2v) is 4.79. The van der Waals surface area contributed by atoms with Crippen LogP contribution in [0.1, 0.15) is 11.3 Å². The summed E-state index contributed by atoms with van der Waals surface area (Å²) in [5.41, 5.74) is 5.66. The molecule has 1 heterocycles. The zero-order valence-electron chi connectivity index (χ0n) is 11.1. The lowest BCUT2D eigenvalue weighted by atomic mass is 10.1. The van der Waals surface area contributed by atoms with Crippen LogP contribution in [-0.4, -0.2) is 9.97 Å². The Hall–Kier alpha value is -2.35. The molecule has 0 amide bonds. The first kappa shape index (κ1) is 11.7. The van der Waals surface area contributed by atoms with E-state index in [2.05, 4.69) is 55.2 Å². The topological polar surface area (TPSA) is 28.7 Å². The number of nitrogens with one attached hydrogen (secondary N) is 1. The van der Waals surface area contributed by atoms with Crippen LogP contribution in [0.3, 0.4) is 0 Å². The predicted molar refractivity (Wildman–Crippen MR) is 78.9 cm³/mol. The molecule has 19 heavy (non-hydrogen) atoms. The molecule has 0 saturated carbocycles. The Kier molecular flexibility index (Phi) is 2.92. The predicted octanol–water partition coefficient (Wildman–Crippen LogP) is 4.36. The highest BCUT2D eigenvalue weighted by atomic mass is 14.9. The molecule has 0 aliphatic heterocycles. The summed E-state index contributed by atoms with van der Waals surface area (Å²) in [4.78, 5) is 8.10. The van der Waals surface area contributed by atoms with Gasteiger partial charge in [0.2, 0.25) is 0 Å². The van der Waals surface area contributed by atoms with Crippen molar-refractivity contribution in [2.45, 2.75) is 13.8 Å². The van der Waals surface area contributed by atoms with Gasteiger partial charge in [0, 0.05) is 16.8 Å². The first-order chi connectivity index (χ1) is 9.24. The normalized spacial score (nSPS) is 10.6. The molecule has 94 valence electrons. The summed E-state index contributed by atoms with van der Waals surface area (Å²) in [6.07, 6.45) is 0. The number of aryl methyl sites for hydroxylation is 2. The zero-order chi connectivity index (χ0) is 13.2. The van der Waals surface area contributed by atoms with Crippen molar-refractivity contribution in [2.24, 2.45) is 0 Å². The molecule has 0 aliphatic carbocycles. The Morgan fingerprint density at radius 2 is 1.58 bits per heavy atom. The summed E-state index contributed by atoms with van der Waals surface area (Å²) in [5, 5.41) is 0. The second-order valence-electron chi connectivity index (χ2n) is 4.79. The number of aromatic amines is 1. The van der Waals surface area contributed by atoms with Gasteiger partial charge in [-0.05, 0) is 19.9 Å². The van der Waals surface area contributed by atoms with Gasteiger partial charge in [0.05, 0.1) is 5.69 Å². The Balaban J connectivity index is 2.08. The van der Waals surface area contributed by atoms with E-state index in [9.17, 15) is 0 Å². The van der Waals surface area contributed by atoms with Gasteiger partial charge in [-0.2, -0.15) is 0 Å². The van der Waals surface area contributed by atoms with Gasteiger partial charge in [-0.25, -0.2) is 4.98 Å². The molecule has 0 radical (unpaired) electrons. The van der Waals surface area contributed by atoms with Crippen molar-refractivity contribution < 1.29 is 0 Å². The van der Waals surface area contributed by atoms with Gasteiger partial charge in [-0.1, -0.05) is 54.1 Å². The van der Waals surface area contributed by atoms with Crippen molar-refractivity contribution in [3.8, 4) is 22.6 Å². The first-order valence-electron chi connectivity index (χ1n) is 6.43. The van der Waals surface area contributed by atoms with Crippen molar-refractivity contribution in [3.05, 3.63) is 65.9 Å². The average molecular weight is 248 g/mol. The molecule has 3 rings (SSSR count).